The van der Waals surface area contributed by atoms with E-state index in [1.807, 2.05) is 0 Å². The van der Waals surface area contributed by atoms with Gasteiger partial charge in [0.2, 0.25) is 0 Å². The van der Waals surface area contributed by atoms with Gasteiger partial charge in [0.05, 0.1) is 33.4 Å². The van der Waals surface area contributed by atoms with Gasteiger partial charge in [0.15, 0.2) is 0 Å². The Labute approximate surface area is 146 Å². The van der Waals surface area contributed by atoms with Crippen LogP contribution >= 0.6 is 0 Å². The number of rotatable bonds is 6. The Morgan fingerprint density at radius 3 is 1.58 bits per heavy atom. The van der Waals surface area contributed by atoms with E-state index in [2.05, 4.69) is 21.1 Å². The van der Waals surface area contributed by atoms with Crippen LogP contribution < -0.4 is 10.9 Å². The largest absolute Gasteiger partial charge is 0.355 e. The van der Waals surface area contributed by atoms with Crippen molar-refractivity contribution in [1.29, 1.82) is 0 Å². The van der Waals surface area contributed by atoms with E-state index in [0.29, 0.717) is 0 Å². The third-order valence-corrected chi connectivity index (χ3v) is 3.01. The fraction of sp³-hybridized carbons (Fsp3) is 0. The molecule has 0 saturated carbocycles. The van der Waals surface area contributed by atoms with Crippen molar-refractivity contribution >= 4 is 29.8 Å². The zero-order chi connectivity index (χ0) is 18.9. The summed E-state index contributed by atoms with van der Waals surface area (Å²) in [5, 5.41) is 28.9. The van der Waals surface area contributed by atoms with Crippen LogP contribution in [0.4, 0.5) is 16.2 Å². The van der Waals surface area contributed by atoms with Gasteiger partial charge in [-0.15, -0.1) is 0 Å². The zero-order valence-corrected chi connectivity index (χ0v) is 13.1. The van der Waals surface area contributed by atoms with E-state index in [-0.39, 0.29) is 22.5 Å². The van der Waals surface area contributed by atoms with E-state index in [1.165, 1.54) is 36.4 Å². The number of hydrazone groups is 2. The SMILES string of the molecule is O=C(NN=Cc1ccccc1[N+](=O)[O-])NN=Cc1ccccc1[N+](=O)[O-]. The van der Waals surface area contributed by atoms with Crippen LogP contribution in [0.2, 0.25) is 0 Å². The molecule has 132 valence electrons. The van der Waals surface area contributed by atoms with Gasteiger partial charge in [-0.05, 0) is 12.1 Å². The maximum absolute atomic E-state index is 11.5. The fourth-order valence-corrected chi connectivity index (χ4v) is 1.87. The Kier molecular flexibility index (Phi) is 6.04. The van der Waals surface area contributed by atoms with Crippen molar-refractivity contribution in [3.63, 3.8) is 0 Å². The van der Waals surface area contributed by atoms with E-state index < -0.39 is 15.9 Å². The summed E-state index contributed by atoms with van der Waals surface area (Å²) in [4.78, 5) is 32.1. The van der Waals surface area contributed by atoms with Gasteiger partial charge in [0, 0.05) is 12.1 Å². The molecular weight excluding hydrogens is 344 g/mol. The van der Waals surface area contributed by atoms with Crippen molar-refractivity contribution in [2.24, 2.45) is 10.2 Å². The van der Waals surface area contributed by atoms with Crippen LogP contribution in [0.1, 0.15) is 11.1 Å². The Bertz CT molecular complexity index is 824. The van der Waals surface area contributed by atoms with Crippen molar-refractivity contribution in [1.82, 2.24) is 10.9 Å². The Hall–Kier alpha value is -4.15. The molecule has 0 aliphatic rings. The van der Waals surface area contributed by atoms with E-state index >= 15 is 0 Å². The predicted octanol–water partition coefficient (Wildman–Crippen LogP) is 2.17. The smallest absolute Gasteiger partial charge is 0.258 e. The molecule has 2 rings (SSSR count). The number of urea groups is 1. The van der Waals surface area contributed by atoms with Crippen LogP contribution in [0.5, 0.6) is 0 Å². The van der Waals surface area contributed by atoms with Gasteiger partial charge in [0.25, 0.3) is 11.4 Å². The number of carbonyl (C=O) groups is 1. The summed E-state index contributed by atoms with van der Waals surface area (Å²) in [5.41, 5.74) is 4.24. The first kappa shape index (κ1) is 18.2. The minimum atomic E-state index is -0.824. The standard InChI is InChI=1S/C15H12N6O5/c22-15(18-16-9-11-5-1-3-7-13(11)20(23)24)19-17-10-12-6-2-4-8-14(12)21(25)26/h1-10H,(H2,18,19,22). The molecule has 0 atom stereocenters. The third-order valence-electron chi connectivity index (χ3n) is 3.01. The van der Waals surface area contributed by atoms with Gasteiger partial charge < -0.3 is 0 Å². The summed E-state index contributed by atoms with van der Waals surface area (Å²) in [6, 6.07) is 10.9. The molecule has 0 saturated heterocycles. The summed E-state index contributed by atoms with van der Waals surface area (Å²) in [6.45, 7) is 0. The average molecular weight is 356 g/mol. The summed E-state index contributed by atoms with van der Waals surface area (Å²) in [6.07, 6.45) is 2.23. The monoisotopic (exact) mass is 356 g/mol. The molecule has 2 aromatic rings. The van der Waals surface area contributed by atoms with Crippen molar-refractivity contribution in [3.05, 3.63) is 79.9 Å². The first-order valence-corrected chi connectivity index (χ1v) is 7.08. The lowest BCUT2D eigenvalue weighted by molar-refractivity contribution is -0.385. The highest BCUT2D eigenvalue weighted by atomic mass is 16.6. The fourth-order valence-electron chi connectivity index (χ4n) is 1.87. The highest BCUT2D eigenvalue weighted by molar-refractivity contribution is 5.87. The first-order chi connectivity index (χ1) is 12.5. The number of benzene rings is 2. The second-order valence-electron chi connectivity index (χ2n) is 4.70. The number of nitrogens with one attached hydrogen (secondary N) is 2. The molecule has 0 unspecified atom stereocenters. The van der Waals surface area contributed by atoms with Crippen LogP contribution in [-0.4, -0.2) is 28.3 Å². The second-order valence-corrected chi connectivity index (χ2v) is 4.70. The van der Waals surface area contributed by atoms with Crippen LogP contribution in [0, 0.1) is 20.2 Å². The molecule has 11 nitrogen and oxygen atoms in total. The number of hydrogen-bond donors (Lipinski definition) is 2. The van der Waals surface area contributed by atoms with Gasteiger partial charge in [0.1, 0.15) is 0 Å². The number of carbonyl (C=O) groups excluding carboxylic acids is 1. The van der Waals surface area contributed by atoms with Crippen LogP contribution in [0.15, 0.2) is 58.7 Å². The third kappa shape index (κ3) is 4.92. The molecule has 2 N–H and O–H groups in total. The molecule has 26 heavy (non-hydrogen) atoms. The van der Waals surface area contributed by atoms with Crippen LogP contribution in [0.3, 0.4) is 0 Å². The molecule has 0 aliphatic heterocycles. The number of nitro benzene ring substituents is 2. The lowest BCUT2D eigenvalue weighted by Gasteiger charge is -1.99. The molecule has 2 amide bonds. The van der Waals surface area contributed by atoms with Crippen molar-refractivity contribution in [2.45, 2.75) is 0 Å². The Morgan fingerprint density at radius 1 is 0.808 bits per heavy atom. The van der Waals surface area contributed by atoms with Gasteiger partial charge in [-0.1, -0.05) is 24.3 Å². The normalized spacial score (nSPS) is 10.8. The molecule has 11 heteroatoms. The number of nitro groups is 2. The summed E-state index contributed by atoms with van der Waals surface area (Å²) >= 11 is 0. The quantitative estimate of drug-likeness (QED) is 0.461. The van der Waals surface area contributed by atoms with Crippen LogP contribution in [0.25, 0.3) is 0 Å². The van der Waals surface area contributed by atoms with Gasteiger partial charge >= 0.3 is 6.03 Å². The molecule has 0 fully saturated rings. The maximum atomic E-state index is 11.5. The highest BCUT2D eigenvalue weighted by Gasteiger charge is 2.11. The van der Waals surface area contributed by atoms with Crippen molar-refractivity contribution in [2.75, 3.05) is 0 Å². The molecule has 0 aromatic heterocycles. The maximum Gasteiger partial charge on any atom is 0.355 e. The van der Waals surface area contributed by atoms with Crippen LogP contribution in [-0.2, 0) is 0 Å². The summed E-state index contributed by atoms with van der Waals surface area (Å²) in [7, 11) is 0. The van der Waals surface area contributed by atoms with E-state index in [9.17, 15) is 25.0 Å². The van der Waals surface area contributed by atoms with E-state index in [4.69, 9.17) is 0 Å². The van der Waals surface area contributed by atoms with E-state index in [1.54, 1.807) is 12.1 Å². The zero-order valence-electron chi connectivity index (χ0n) is 13.1. The predicted molar refractivity (Wildman–Crippen MR) is 93.0 cm³/mol. The number of amides is 2. The number of hydrogen-bond acceptors (Lipinski definition) is 7. The molecule has 0 heterocycles. The van der Waals surface area contributed by atoms with E-state index in [0.717, 1.165) is 12.4 Å². The minimum Gasteiger partial charge on any atom is -0.258 e. The molecular formula is C15H12N6O5. The number of nitrogens with zero attached hydrogens (tertiary/aromatic N) is 4. The topological polar surface area (TPSA) is 152 Å². The summed E-state index contributed by atoms with van der Waals surface area (Å²) in [5.74, 6) is 0. The van der Waals surface area contributed by atoms with Gasteiger partial charge in [-0.3, -0.25) is 20.2 Å². The van der Waals surface area contributed by atoms with Crippen molar-refractivity contribution < 1.29 is 14.6 Å². The summed E-state index contributed by atoms with van der Waals surface area (Å²) < 4.78 is 0. The lowest BCUT2D eigenvalue weighted by atomic mass is 10.2. The molecule has 2 aromatic carbocycles. The molecule has 0 spiro atoms. The minimum absolute atomic E-state index is 0.159. The van der Waals surface area contributed by atoms with Crippen molar-refractivity contribution in [3.8, 4) is 0 Å². The highest BCUT2D eigenvalue weighted by Crippen LogP contribution is 2.15. The first-order valence-electron chi connectivity index (χ1n) is 7.08. The Balaban J connectivity index is 1.94. The molecule has 0 aliphatic carbocycles. The average Bonchev–Trinajstić information content (AvgIpc) is 2.62. The molecule has 0 radical (unpaired) electrons. The van der Waals surface area contributed by atoms with Gasteiger partial charge in [-0.25, -0.2) is 15.6 Å². The van der Waals surface area contributed by atoms with Gasteiger partial charge in [-0.2, -0.15) is 10.2 Å². The lowest BCUT2D eigenvalue weighted by Crippen LogP contribution is -2.28. The number of para-hydroxylation sites is 2. The second kappa shape index (κ2) is 8.63. The molecule has 0 bridgehead atoms. The Morgan fingerprint density at radius 2 is 1.19 bits per heavy atom.